The number of imidazole rings is 1. The summed E-state index contributed by atoms with van der Waals surface area (Å²) in [6.45, 7) is 9.87. The average Bonchev–Trinajstić information content (AvgIpc) is 3.50. The van der Waals surface area contributed by atoms with Crippen LogP contribution in [0.4, 0.5) is 0 Å². The van der Waals surface area contributed by atoms with Crippen LogP contribution in [0.15, 0.2) is 36.8 Å². The molecular formula is C36H60N6O5. The lowest BCUT2D eigenvalue weighted by atomic mass is 9.83. The minimum Gasteiger partial charge on any atom is -0.497 e. The van der Waals surface area contributed by atoms with E-state index in [-0.39, 0.29) is 23.9 Å². The highest BCUT2D eigenvalue weighted by Crippen LogP contribution is 2.29. The van der Waals surface area contributed by atoms with Crippen LogP contribution in [0, 0.1) is 11.8 Å². The number of nitrogens with two attached hydrogens (primary N) is 1. The van der Waals surface area contributed by atoms with Crippen molar-refractivity contribution in [2.45, 2.75) is 135 Å². The molecule has 11 nitrogen and oxygen atoms in total. The predicted octanol–water partition coefficient (Wildman–Crippen LogP) is 4.19. The van der Waals surface area contributed by atoms with E-state index in [0.29, 0.717) is 37.5 Å². The summed E-state index contributed by atoms with van der Waals surface area (Å²) in [5.41, 5.74) is 7.31. The Labute approximate surface area is 281 Å². The summed E-state index contributed by atoms with van der Waals surface area (Å²) in [5.74, 6) is 1.62. The van der Waals surface area contributed by atoms with Gasteiger partial charge < -0.3 is 36.5 Å². The van der Waals surface area contributed by atoms with Gasteiger partial charge in [0.25, 0.3) is 0 Å². The second-order valence-corrected chi connectivity index (χ2v) is 14.3. The maximum atomic E-state index is 12.9. The Morgan fingerprint density at radius 3 is 2.32 bits per heavy atom. The van der Waals surface area contributed by atoms with Crippen LogP contribution in [0.5, 0.6) is 5.75 Å². The van der Waals surface area contributed by atoms with E-state index in [1.807, 2.05) is 45.0 Å². The molecule has 3 amide bonds. The first-order chi connectivity index (χ1) is 22.3. The number of aromatic amines is 1. The quantitative estimate of drug-likeness (QED) is 0.131. The first kappa shape index (κ1) is 39.7. The Kier molecular flexibility index (Phi) is 17.5. The number of aromatic nitrogens is 2. The highest BCUT2D eigenvalue weighted by molar-refractivity contribution is 5.84. The molecule has 0 bridgehead atoms. The van der Waals surface area contributed by atoms with Crippen LogP contribution in [-0.4, -0.2) is 70.2 Å². The van der Waals surface area contributed by atoms with Crippen LogP contribution >= 0.6 is 0 Å². The van der Waals surface area contributed by atoms with Crippen molar-refractivity contribution in [1.29, 1.82) is 0 Å². The van der Waals surface area contributed by atoms with E-state index in [9.17, 15) is 19.5 Å². The van der Waals surface area contributed by atoms with Crippen molar-refractivity contribution < 1.29 is 24.2 Å². The monoisotopic (exact) mass is 656 g/mol. The normalized spacial score (nSPS) is 16.2. The average molecular weight is 657 g/mol. The molecular weight excluding hydrogens is 596 g/mol. The predicted molar refractivity (Wildman–Crippen MR) is 186 cm³/mol. The van der Waals surface area contributed by atoms with Crippen LogP contribution in [0.3, 0.4) is 0 Å². The lowest BCUT2D eigenvalue weighted by Crippen LogP contribution is -2.49. The number of nitrogens with zero attached hydrogens (tertiary/aromatic N) is 1. The third-order valence-electron chi connectivity index (χ3n) is 8.28. The van der Waals surface area contributed by atoms with E-state index < -0.39 is 17.7 Å². The molecule has 1 aromatic heterocycles. The smallest absolute Gasteiger partial charge is 0.243 e. The van der Waals surface area contributed by atoms with Crippen molar-refractivity contribution in [3.63, 3.8) is 0 Å². The minimum absolute atomic E-state index is 0.00601. The number of methoxy groups -OCH3 is 1. The topological polar surface area (TPSA) is 171 Å². The second kappa shape index (κ2) is 20.7. The first-order valence-electron chi connectivity index (χ1n) is 17.1. The van der Waals surface area contributed by atoms with Gasteiger partial charge in [-0.2, -0.15) is 0 Å². The summed E-state index contributed by atoms with van der Waals surface area (Å²) >= 11 is 0. The third-order valence-corrected chi connectivity index (χ3v) is 8.28. The van der Waals surface area contributed by atoms with Crippen molar-refractivity contribution >= 4 is 18.2 Å². The molecule has 47 heavy (non-hydrogen) atoms. The van der Waals surface area contributed by atoms with Gasteiger partial charge in [0.1, 0.15) is 11.8 Å². The van der Waals surface area contributed by atoms with Gasteiger partial charge in [0, 0.05) is 42.4 Å². The number of aliphatic hydroxyl groups excluding tert-OH is 1. The zero-order valence-electron chi connectivity index (χ0n) is 29.4. The molecule has 2 aromatic rings. The van der Waals surface area contributed by atoms with Crippen molar-refractivity contribution in [2.75, 3.05) is 7.11 Å². The molecule has 1 aromatic carbocycles. The summed E-state index contributed by atoms with van der Waals surface area (Å²) in [6, 6.07) is 7.21. The molecule has 0 saturated heterocycles. The maximum Gasteiger partial charge on any atom is 0.243 e. The summed E-state index contributed by atoms with van der Waals surface area (Å²) in [4.78, 5) is 42.5. The summed E-state index contributed by atoms with van der Waals surface area (Å²) in [5, 5.41) is 19.1. The molecule has 4 atom stereocenters. The van der Waals surface area contributed by atoms with E-state index in [1.54, 1.807) is 19.6 Å². The third kappa shape index (κ3) is 17.3. The van der Waals surface area contributed by atoms with E-state index in [2.05, 4.69) is 39.8 Å². The molecule has 1 aliphatic carbocycles. The number of H-pyrrole nitrogens is 1. The van der Waals surface area contributed by atoms with Crippen LogP contribution in [0.1, 0.15) is 104 Å². The van der Waals surface area contributed by atoms with Crippen LogP contribution in [0.25, 0.3) is 0 Å². The number of aliphatic hydroxyl groups is 1. The zero-order valence-corrected chi connectivity index (χ0v) is 29.4. The van der Waals surface area contributed by atoms with Gasteiger partial charge in [-0.15, -0.1) is 0 Å². The van der Waals surface area contributed by atoms with Crippen LogP contribution in [-0.2, 0) is 27.2 Å². The molecule has 264 valence electrons. The molecule has 0 radical (unpaired) electrons. The SMILES string of the molecule is CC(C)CC(O)CC(CC1CCCCC1)NC(=O)[C@H](Cc1cnc[nH]1)NC=O.COc1ccc(CC(C)NC(=O)CC(C)(C)N)cc1. The number of benzene rings is 1. The Hall–Kier alpha value is -3.44. The number of nitrogens with one attached hydrogen (secondary N) is 4. The van der Waals surface area contributed by atoms with Crippen LogP contribution < -0.4 is 26.4 Å². The van der Waals surface area contributed by atoms with Gasteiger partial charge in [-0.3, -0.25) is 14.4 Å². The molecule has 0 spiro atoms. The van der Waals surface area contributed by atoms with Gasteiger partial charge in [0.05, 0.1) is 19.5 Å². The van der Waals surface area contributed by atoms with Gasteiger partial charge in [-0.1, -0.05) is 58.1 Å². The maximum absolute atomic E-state index is 12.9. The zero-order chi connectivity index (χ0) is 34.8. The first-order valence-corrected chi connectivity index (χ1v) is 17.1. The number of carbonyl (C=O) groups excluding carboxylic acids is 3. The molecule has 0 aliphatic heterocycles. The fourth-order valence-electron chi connectivity index (χ4n) is 6.14. The fraction of sp³-hybridized carbons (Fsp3) is 0.667. The molecule has 1 fully saturated rings. The summed E-state index contributed by atoms with van der Waals surface area (Å²) < 4.78 is 5.11. The standard InChI is InChI=1S/C21H36N4O3.C15H24N2O2/c1-15(2)8-19(27)10-17(9-16-6-4-3-5-7-16)25-21(28)20(24-14-26)11-18-12-22-13-23-18;1-11(17-14(18)10-15(2,3)16)9-12-5-7-13(19-4)8-6-12/h12-17,19-20,27H,3-11H2,1-2H3,(H,22,23)(H,24,26)(H,25,28);5-8,11H,9-10,16H2,1-4H3,(H,17,18)/t17?,19?,20-;/m0./s1. The number of carbonyl (C=O) groups is 3. The molecule has 7 N–H and O–H groups in total. The Balaban J connectivity index is 0.000000353. The number of amides is 3. The van der Waals surface area contributed by atoms with Crippen LogP contribution in [0.2, 0.25) is 0 Å². The Morgan fingerprint density at radius 2 is 1.77 bits per heavy atom. The molecule has 1 heterocycles. The van der Waals surface area contributed by atoms with E-state index in [0.717, 1.165) is 30.7 Å². The van der Waals surface area contributed by atoms with E-state index in [4.69, 9.17) is 10.5 Å². The largest absolute Gasteiger partial charge is 0.497 e. The molecule has 1 aliphatic rings. The number of ether oxygens (including phenoxy) is 1. The highest BCUT2D eigenvalue weighted by Gasteiger charge is 2.26. The number of hydrogen-bond donors (Lipinski definition) is 6. The van der Waals surface area contributed by atoms with Crippen molar-refractivity contribution in [3.8, 4) is 5.75 Å². The number of rotatable bonds is 18. The molecule has 11 heteroatoms. The fourth-order valence-corrected chi connectivity index (χ4v) is 6.14. The molecule has 3 rings (SSSR count). The Bertz CT molecular complexity index is 1160. The molecule has 1 saturated carbocycles. The highest BCUT2D eigenvalue weighted by atomic mass is 16.5. The van der Waals surface area contributed by atoms with Crippen molar-refractivity contribution in [3.05, 3.63) is 48.0 Å². The van der Waals surface area contributed by atoms with Gasteiger partial charge >= 0.3 is 0 Å². The lowest BCUT2D eigenvalue weighted by molar-refractivity contribution is -0.126. The van der Waals surface area contributed by atoms with Gasteiger partial charge in [-0.25, -0.2) is 4.98 Å². The summed E-state index contributed by atoms with van der Waals surface area (Å²) in [7, 11) is 1.65. The second-order valence-electron chi connectivity index (χ2n) is 14.3. The van der Waals surface area contributed by atoms with Crippen molar-refractivity contribution in [1.82, 2.24) is 25.9 Å². The summed E-state index contributed by atoms with van der Waals surface area (Å²) in [6.07, 6.45) is 13.1. The van der Waals surface area contributed by atoms with Gasteiger partial charge in [0.2, 0.25) is 18.2 Å². The minimum atomic E-state index is -0.658. The van der Waals surface area contributed by atoms with Crippen molar-refractivity contribution in [2.24, 2.45) is 17.6 Å². The van der Waals surface area contributed by atoms with Gasteiger partial charge in [0.15, 0.2) is 0 Å². The molecule has 3 unspecified atom stereocenters. The lowest BCUT2D eigenvalue weighted by Gasteiger charge is -2.30. The number of hydrogen-bond acceptors (Lipinski definition) is 7. The van der Waals surface area contributed by atoms with E-state index >= 15 is 0 Å². The Morgan fingerprint density at radius 1 is 1.09 bits per heavy atom. The van der Waals surface area contributed by atoms with E-state index in [1.165, 1.54) is 37.7 Å². The van der Waals surface area contributed by atoms with Gasteiger partial charge in [-0.05, 0) is 76.0 Å².